The van der Waals surface area contributed by atoms with Gasteiger partial charge in [-0.1, -0.05) is 65.8 Å². The fourth-order valence-electron chi connectivity index (χ4n) is 1.71. The molecule has 128 valence electrons. The van der Waals surface area contributed by atoms with Crippen LogP contribution in [0.3, 0.4) is 0 Å². The first kappa shape index (κ1) is 20.3. The van der Waals surface area contributed by atoms with Crippen molar-refractivity contribution in [3.05, 3.63) is 29.8 Å². The molecule has 1 aromatic rings. The Morgan fingerprint density at radius 3 is 2.35 bits per heavy atom. The van der Waals surface area contributed by atoms with Crippen LogP contribution in [0.25, 0.3) is 0 Å². The Morgan fingerprint density at radius 2 is 1.83 bits per heavy atom. The average molecular weight is 397 g/mol. The molecule has 1 atom stereocenters. The standard InChI is InChI=1S/C15H20Cl3N3OS/c1-3-4-5-12(22)20-13(15(16,17)18)21-14(23)19-11-8-6-10(2)7-9-11/h6-9,13H,3-5H2,1-2H3,(H,20,22)(H2,19,21,23)/t13-/m0/s1. The SMILES string of the molecule is CCCCC(=O)N[C@@H](NC(=S)Nc1ccc(C)cc1)C(Cl)(Cl)Cl. The smallest absolute Gasteiger partial charge is 0.228 e. The summed E-state index contributed by atoms with van der Waals surface area (Å²) in [7, 11) is 0. The maximum atomic E-state index is 11.8. The molecule has 1 aromatic carbocycles. The first-order chi connectivity index (χ1) is 10.7. The van der Waals surface area contributed by atoms with Crippen molar-refractivity contribution in [1.29, 1.82) is 0 Å². The lowest BCUT2D eigenvalue weighted by Gasteiger charge is -2.27. The van der Waals surface area contributed by atoms with Crippen LogP contribution >= 0.6 is 47.0 Å². The molecule has 0 bridgehead atoms. The lowest BCUT2D eigenvalue weighted by Crippen LogP contribution is -2.56. The molecule has 23 heavy (non-hydrogen) atoms. The molecule has 0 saturated carbocycles. The van der Waals surface area contributed by atoms with Gasteiger partial charge in [0.15, 0.2) is 5.11 Å². The number of hydrogen-bond donors (Lipinski definition) is 3. The van der Waals surface area contributed by atoms with Gasteiger partial charge in [0.2, 0.25) is 9.70 Å². The van der Waals surface area contributed by atoms with Gasteiger partial charge in [0.25, 0.3) is 0 Å². The third-order valence-corrected chi connectivity index (χ3v) is 3.85. The first-order valence-corrected chi connectivity index (χ1v) is 8.77. The number of unbranched alkanes of at least 4 members (excludes halogenated alkanes) is 1. The van der Waals surface area contributed by atoms with E-state index in [4.69, 9.17) is 47.0 Å². The number of nitrogens with one attached hydrogen (secondary N) is 3. The lowest BCUT2D eigenvalue weighted by molar-refractivity contribution is -0.122. The molecule has 0 heterocycles. The monoisotopic (exact) mass is 395 g/mol. The van der Waals surface area contributed by atoms with Crippen LogP contribution < -0.4 is 16.0 Å². The molecule has 3 N–H and O–H groups in total. The minimum absolute atomic E-state index is 0.200. The summed E-state index contributed by atoms with van der Waals surface area (Å²) in [6.07, 6.45) is 1.12. The number of rotatable bonds is 6. The van der Waals surface area contributed by atoms with Crippen LogP contribution in [0.1, 0.15) is 31.7 Å². The van der Waals surface area contributed by atoms with Gasteiger partial charge in [0, 0.05) is 12.1 Å². The number of alkyl halides is 3. The van der Waals surface area contributed by atoms with E-state index >= 15 is 0 Å². The molecule has 0 radical (unpaired) electrons. The molecule has 0 aliphatic heterocycles. The number of carbonyl (C=O) groups excluding carboxylic acids is 1. The van der Waals surface area contributed by atoms with E-state index in [1.807, 2.05) is 38.1 Å². The number of aryl methyl sites for hydroxylation is 1. The highest BCUT2D eigenvalue weighted by atomic mass is 35.6. The molecule has 0 aliphatic rings. The number of benzene rings is 1. The fourth-order valence-corrected chi connectivity index (χ4v) is 2.27. The predicted molar refractivity (Wildman–Crippen MR) is 102 cm³/mol. The first-order valence-electron chi connectivity index (χ1n) is 7.22. The van der Waals surface area contributed by atoms with Gasteiger partial charge in [0.05, 0.1) is 0 Å². The average Bonchev–Trinajstić information content (AvgIpc) is 2.46. The third kappa shape index (κ3) is 8.06. The third-order valence-electron chi connectivity index (χ3n) is 2.97. The molecule has 1 rings (SSSR count). The Balaban J connectivity index is 2.63. The van der Waals surface area contributed by atoms with Crippen molar-refractivity contribution in [2.24, 2.45) is 0 Å². The van der Waals surface area contributed by atoms with Crippen molar-refractivity contribution >= 4 is 63.7 Å². The number of hydrogen-bond acceptors (Lipinski definition) is 2. The molecule has 0 aliphatic carbocycles. The summed E-state index contributed by atoms with van der Waals surface area (Å²) < 4.78 is -1.74. The van der Waals surface area contributed by atoms with Gasteiger partial charge in [-0.3, -0.25) is 4.79 Å². The molecule has 8 heteroatoms. The van der Waals surface area contributed by atoms with E-state index in [1.165, 1.54) is 0 Å². The lowest BCUT2D eigenvalue weighted by atomic mass is 10.2. The highest BCUT2D eigenvalue weighted by Crippen LogP contribution is 2.29. The van der Waals surface area contributed by atoms with E-state index in [0.29, 0.717) is 6.42 Å². The maximum Gasteiger partial charge on any atom is 0.228 e. The topological polar surface area (TPSA) is 53.2 Å². The number of thiocarbonyl (C=S) groups is 1. The zero-order chi connectivity index (χ0) is 17.5. The highest BCUT2D eigenvalue weighted by molar-refractivity contribution is 7.80. The Bertz CT molecular complexity index is 532. The molecule has 0 unspecified atom stereocenters. The van der Waals surface area contributed by atoms with Crippen molar-refractivity contribution in [2.45, 2.75) is 43.1 Å². The number of carbonyl (C=O) groups is 1. The van der Waals surface area contributed by atoms with E-state index in [9.17, 15) is 4.79 Å². The quantitative estimate of drug-likeness (QED) is 0.381. The van der Waals surface area contributed by atoms with Crippen LogP contribution in [0.4, 0.5) is 5.69 Å². The van der Waals surface area contributed by atoms with Crippen molar-refractivity contribution in [1.82, 2.24) is 10.6 Å². The van der Waals surface area contributed by atoms with E-state index < -0.39 is 9.96 Å². The van der Waals surface area contributed by atoms with Crippen molar-refractivity contribution in [3.8, 4) is 0 Å². The second-order valence-electron chi connectivity index (χ2n) is 5.11. The van der Waals surface area contributed by atoms with Crippen molar-refractivity contribution in [3.63, 3.8) is 0 Å². The maximum absolute atomic E-state index is 11.8. The Morgan fingerprint density at radius 1 is 1.22 bits per heavy atom. The van der Waals surface area contributed by atoms with Gasteiger partial charge >= 0.3 is 0 Å². The van der Waals surface area contributed by atoms with Crippen LogP contribution in [-0.4, -0.2) is 21.0 Å². The number of amides is 1. The summed E-state index contributed by atoms with van der Waals surface area (Å²) in [5.41, 5.74) is 1.94. The van der Waals surface area contributed by atoms with Crippen LogP contribution in [0, 0.1) is 6.92 Å². The summed E-state index contributed by atoms with van der Waals surface area (Å²) in [6, 6.07) is 7.66. The van der Waals surface area contributed by atoms with Crippen LogP contribution in [0.2, 0.25) is 0 Å². The van der Waals surface area contributed by atoms with Gasteiger partial charge in [-0.25, -0.2) is 0 Å². The van der Waals surface area contributed by atoms with E-state index in [2.05, 4.69) is 16.0 Å². The minimum Gasteiger partial charge on any atom is -0.339 e. The molecule has 0 spiro atoms. The van der Waals surface area contributed by atoms with E-state index in [0.717, 1.165) is 24.1 Å². The molecular formula is C15H20Cl3N3OS. The molecule has 0 saturated heterocycles. The van der Waals surface area contributed by atoms with Crippen molar-refractivity contribution in [2.75, 3.05) is 5.32 Å². The van der Waals surface area contributed by atoms with Gasteiger partial charge in [-0.15, -0.1) is 0 Å². The largest absolute Gasteiger partial charge is 0.339 e. The van der Waals surface area contributed by atoms with Gasteiger partial charge in [-0.2, -0.15) is 0 Å². The number of halogens is 3. The Hall–Kier alpha value is -0.750. The summed E-state index contributed by atoms with van der Waals surface area (Å²) in [5.74, 6) is -0.200. The van der Waals surface area contributed by atoms with Crippen LogP contribution in [-0.2, 0) is 4.79 Å². The molecule has 1 amide bonds. The number of anilines is 1. The van der Waals surface area contributed by atoms with Gasteiger partial charge in [0.1, 0.15) is 6.17 Å². The second kappa shape index (κ2) is 9.52. The van der Waals surface area contributed by atoms with Crippen LogP contribution in [0.5, 0.6) is 0 Å². The Kier molecular flexibility index (Phi) is 8.40. The zero-order valence-corrected chi connectivity index (χ0v) is 16.0. The Labute approximate surface area is 157 Å². The van der Waals surface area contributed by atoms with Gasteiger partial charge in [-0.05, 0) is 37.7 Å². The summed E-state index contributed by atoms with van der Waals surface area (Å²) in [6.45, 7) is 3.99. The van der Waals surface area contributed by atoms with E-state index in [1.54, 1.807) is 0 Å². The van der Waals surface area contributed by atoms with Crippen molar-refractivity contribution < 1.29 is 4.79 Å². The minimum atomic E-state index is -1.74. The summed E-state index contributed by atoms with van der Waals surface area (Å²) in [4.78, 5) is 11.8. The predicted octanol–water partition coefficient (Wildman–Crippen LogP) is 4.28. The van der Waals surface area contributed by atoms with E-state index in [-0.39, 0.29) is 11.0 Å². The molecule has 0 aromatic heterocycles. The molecule has 0 fully saturated rings. The van der Waals surface area contributed by atoms with Crippen LogP contribution in [0.15, 0.2) is 24.3 Å². The second-order valence-corrected chi connectivity index (χ2v) is 7.89. The highest BCUT2D eigenvalue weighted by Gasteiger charge is 2.34. The normalized spacial score (nSPS) is 12.4. The summed E-state index contributed by atoms with van der Waals surface area (Å²) >= 11 is 22.9. The zero-order valence-electron chi connectivity index (χ0n) is 13.0. The summed E-state index contributed by atoms with van der Waals surface area (Å²) in [5, 5.41) is 8.70. The molecular weight excluding hydrogens is 377 g/mol. The fraction of sp³-hybridized carbons (Fsp3) is 0.467. The van der Waals surface area contributed by atoms with Gasteiger partial charge < -0.3 is 16.0 Å². The molecule has 4 nitrogen and oxygen atoms in total.